The molecule has 0 N–H and O–H groups in total. The fourth-order valence-corrected chi connectivity index (χ4v) is 31.5. The summed E-state index contributed by atoms with van der Waals surface area (Å²) in [5, 5.41) is 0. The van der Waals surface area contributed by atoms with Crippen LogP contribution in [0.3, 0.4) is 0 Å². The molecule has 1 aromatic rings. The van der Waals surface area contributed by atoms with Gasteiger partial charge in [0.25, 0.3) is 0 Å². The van der Waals surface area contributed by atoms with Crippen LogP contribution < -0.4 is 0 Å². The van der Waals surface area contributed by atoms with E-state index in [1.54, 1.807) is 5.56 Å². The average molecular weight is 351 g/mol. The molecular formula is C15H24SiSn. The first-order valence-corrected chi connectivity index (χ1v) is 20.0. The third-order valence-corrected chi connectivity index (χ3v) is 26.5. The summed E-state index contributed by atoms with van der Waals surface area (Å²) in [6.07, 6.45) is 4.97. The average Bonchev–Trinajstić information content (AvgIpc) is 2.55. The predicted octanol–water partition coefficient (Wildman–Crippen LogP) is 4.71. The molecular weight excluding hydrogens is 327 g/mol. The third kappa shape index (κ3) is 1.86. The van der Waals surface area contributed by atoms with E-state index in [0.29, 0.717) is 3.05 Å². The first-order chi connectivity index (χ1) is 7.70. The standard InChI is InChI=1S/C12H15Si.3CH3.Sn/c1-13(2,3)12-9-8-10-6-4-5-7-11(10)12;;;;/h4-9H,1-3H3;3*1H3;. The molecule has 0 saturated heterocycles. The first kappa shape index (κ1) is 13.4. The van der Waals surface area contributed by atoms with Gasteiger partial charge in [-0.2, -0.15) is 0 Å². The van der Waals surface area contributed by atoms with Crippen molar-refractivity contribution in [3.05, 3.63) is 41.5 Å². The van der Waals surface area contributed by atoms with E-state index in [4.69, 9.17) is 0 Å². The van der Waals surface area contributed by atoms with E-state index in [2.05, 4.69) is 70.9 Å². The zero-order chi connectivity index (χ0) is 12.9. The van der Waals surface area contributed by atoms with Gasteiger partial charge in [0.05, 0.1) is 0 Å². The number of benzene rings is 1. The van der Waals surface area contributed by atoms with Crippen LogP contribution in [-0.4, -0.2) is 26.5 Å². The van der Waals surface area contributed by atoms with Crippen molar-refractivity contribution in [2.45, 2.75) is 37.5 Å². The van der Waals surface area contributed by atoms with E-state index in [1.165, 1.54) is 5.56 Å². The summed E-state index contributed by atoms with van der Waals surface area (Å²) in [5.41, 5.74) is 3.11. The minimum absolute atomic E-state index is 0.471. The van der Waals surface area contributed by atoms with Crippen molar-refractivity contribution in [3.63, 3.8) is 0 Å². The molecule has 0 saturated carbocycles. The molecule has 0 heterocycles. The molecule has 0 nitrogen and oxygen atoms in total. The summed E-state index contributed by atoms with van der Waals surface area (Å²) in [5.74, 6) is 0. The van der Waals surface area contributed by atoms with Gasteiger partial charge in [0, 0.05) is 0 Å². The van der Waals surface area contributed by atoms with Crippen LogP contribution in [-0.2, 0) is 3.05 Å². The zero-order valence-electron chi connectivity index (χ0n) is 12.0. The van der Waals surface area contributed by atoms with Gasteiger partial charge in [-0.05, 0) is 0 Å². The summed E-state index contributed by atoms with van der Waals surface area (Å²) < 4.78 is 0.471. The molecule has 2 heteroatoms. The molecule has 0 bridgehead atoms. The molecule has 1 aliphatic carbocycles. The van der Waals surface area contributed by atoms with Crippen molar-refractivity contribution in [3.8, 4) is 0 Å². The molecule has 0 spiro atoms. The number of hydrogen-bond donors (Lipinski definition) is 0. The van der Waals surface area contributed by atoms with Crippen LogP contribution in [0.2, 0.25) is 34.5 Å². The van der Waals surface area contributed by atoms with Crippen LogP contribution in [0.4, 0.5) is 0 Å². The number of hydrogen-bond acceptors (Lipinski definition) is 0. The van der Waals surface area contributed by atoms with Gasteiger partial charge in [0.2, 0.25) is 0 Å². The summed E-state index contributed by atoms with van der Waals surface area (Å²) in [4.78, 5) is 7.79. The van der Waals surface area contributed by atoms with Crippen molar-refractivity contribution in [1.29, 1.82) is 0 Å². The predicted molar refractivity (Wildman–Crippen MR) is 83.8 cm³/mol. The van der Waals surface area contributed by atoms with Crippen molar-refractivity contribution >= 4 is 32.5 Å². The molecule has 2 rings (SSSR count). The van der Waals surface area contributed by atoms with E-state index in [1.807, 2.05) is 0 Å². The normalized spacial score (nSPS) is 23.9. The van der Waals surface area contributed by atoms with Gasteiger partial charge < -0.3 is 0 Å². The molecule has 0 radical (unpaired) electrons. The SMILES string of the molecule is C[Si](C)(C)[C]1([Sn]([CH3])([CH3])[CH3])C=Cc2ccccc21. The molecule has 0 aromatic heterocycles. The first-order valence-electron chi connectivity index (χ1n) is 6.49. The Labute approximate surface area is 111 Å². The Bertz CT molecular complexity index is 447. The van der Waals surface area contributed by atoms with E-state index in [9.17, 15) is 0 Å². The molecule has 17 heavy (non-hydrogen) atoms. The van der Waals surface area contributed by atoms with Crippen LogP contribution in [0.25, 0.3) is 6.08 Å². The van der Waals surface area contributed by atoms with Gasteiger partial charge in [-0.1, -0.05) is 0 Å². The maximum atomic E-state index is 2.60. The zero-order valence-corrected chi connectivity index (χ0v) is 15.8. The molecule has 1 aliphatic rings. The van der Waals surface area contributed by atoms with E-state index >= 15 is 0 Å². The molecule has 0 fully saturated rings. The molecule has 1 aromatic carbocycles. The Morgan fingerprint density at radius 2 is 1.59 bits per heavy atom. The maximum absolute atomic E-state index is 2.60. The Balaban J connectivity index is 2.73. The summed E-state index contributed by atoms with van der Waals surface area (Å²) in [7, 11) is -1.25. The Morgan fingerprint density at radius 3 is 2.12 bits per heavy atom. The summed E-state index contributed by atoms with van der Waals surface area (Å²) >= 11 is -2.09. The van der Waals surface area contributed by atoms with Crippen LogP contribution in [0.5, 0.6) is 0 Å². The second kappa shape index (κ2) is 3.99. The Morgan fingerprint density at radius 1 is 1.00 bits per heavy atom. The van der Waals surface area contributed by atoms with Crippen molar-refractivity contribution < 1.29 is 0 Å². The van der Waals surface area contributed by atoms with Crippen molar-refractivity contribution in [2.24, 2.45) is 0 Å². The second-order valence-electron chi connectivity index (χ2n) is 7.23. The van der Waals surface area contributed by atoms with Crippen LogP contribution in [0.15, 0.2) is 30.3 Å². The minimum atomic E-state index is -2.09. The van der Waals surface area contributed by atoms with Gasteiger partial charge in [-0.25, -0.2) is 0 Å². The molecule has 0 aliphatic heterocycles. The Hall–Kier alpha value is -0.0244. The molecule has 1 unspecified atom stereocenters. The number of rotatable bonds is 2. The topological polar surface area (TPSA) is 0 Å². The van der Waals surface area contributed by atoms with Crippen LogP contribution in [0, 0.1) is 0 Å². The van der Waals surface area contributed by atoms with Gasteiger partial charge in [0.1, 0.15) is 0 Å². The van der Waals surface area contributed by atoms with Crippen LogP contribution >= 0.6 is 0 Å². The Kier molecular flexibility index (Phi) is 3.14. The van der Waals surface area contributed by atoms with E-state index < -0.39 is 26.5 Å². The van der Waals surface area contributed by atoms with Gasteiger partial charge in [0.15, 0.2) is 0 Å². The fraction of sp³-hybridized carbons (Fsp3) is 0.467. The number of allylic oxidation sites excluding steroid dienone is 1. The van der Waals surface area contributed by atoms with Crippen LogP contribution in [0.1, 0.15) is 11.1 Å². The van der Waals surface area contributed by atoms with Crippen molar-refractivity contribution in [1.82, 2.24) is 0 Å². The molecule has 92 valence electrons. The van der Waals surface area contributed by atoms with Gasteiger partial charge >= 0.3 is 112 Å². The van der Waals surface area contributed by atoms with E-state index in [-0.39, 0.29) is 0 Å². The fourth-order valence-electron chi connectivity index (χ4n) is 3.74. The van der Waals surface area contributed by atoms with Crippen molar-refractivity contribution in [2.75, 3.05) is 0 Å². The third-order valence-electron chi connectivity index (χ3n) is 4.26. The quantitative estimate of drug-likeness (QED) is 0.678. The monoisotopic (exact) mass is 352 g/mol. The van der Waals surface area contributed by atoms with E-state index in [0.717, 1.165) is 0 Å². The summed E-state index contributed by atoms with van der Waals surface area (Å²) in [6.45, 7) is 7.63. The molecule has 0 amide bonds. The van der Waals surface area contributed by atoms with Gasteiger partial charge in [-0.3, -0.25) is 0 Å². The second-order valence-corrected chi connectivity index (χ2v) is 29.0. The van der Waals surface area contributed by atoms with Gasteiger partial charge in [-0.15, -0.1) is 0 Å². The summed E-state index contributed by atoms with van der Waals surface area (Å²) in [6, 6.07) is 9.06. The number of fused-ring (bicyclic) bond motifs is 1. The molecule has 1 atom stereocenters.